The van der Waals surface area contributed by atoms with Gasteiger partial charge in [-0.25, -0.2) is 9.78 Å². The van der Waals surface area contributed by atoms with Crippen molar-refractivity contribution < 1.29 is 14.7 Å². The highest BCUT2D eigenvalue weighted by atomic mass is 32.2. The lowest BCUT2D eigenvalue weighted by atomic mass is 10.0. The van der Waals surface area contributed by atoms with Crippen LogP contribution in [0.4, 0.5) is 0 Å². The molecule has 1 fully saturated rings. The Bertz CT molecular complexity index is 1150. The number of thioether (sulfide) groups is 1. The van der Waals surface area contributed by atoms with Crippen LogP contribution in [0.15, 0.2) is 41.1 Å². The number of rotatable bonds is 2. The number of carbonyl (C=O) groups excluding carboxylic acids is 1. The zero-order valence-electron chi connectivity index (χ0n) is 13.0. The minimum Gasteiger partial charge on any atom is -0.477 e. The van der Waals surface area contributed by atoms with E-state index in [1.54, 1.807) is 17.4 Å². The summed E-state index contributed by atoms with van der Waals surface area (Å²) in [6, 6.07) is 6.27. The SMILES string of the molecule is Cc1ccc2c(c1)sc1nc(/C=C3/C(=O)N4C(C(=O)O)=CS[C@H]34)cn12. The fourth-order valence-corrected chi connectivity index (χ4v) is 5.35. The average Bonchev–Trinajstić information content (AvgIpc) is 3.22. The number of hydrogen-bond donors (Lipinski definition) is 1. The second-order valence-electron chi connectivity index (χ2n) is 5.96. The summed E-state index contributed by atoms with van der Waals surface area (Å²) in [4.78, 5) is 30.2. The van der Waals surface area contributed by atoms with Crippen LogP contribution in [0.2, 0.25) is 0 Å². The molecule has 3 aromatic rings. The van der Waals surface area contributed by atoms with Gasteiger partial charge in [-0.05, 0) is 30.7 Å². The Hall–Kier alpha value is -2.58. The number of fused-ring (bicyclic) bond motifs is 4. The van der Waals surface area contributed by atoms with Crippen LogP contribution in [0.3, 0.4) is 0 Å². The molecular weight excluding hydrogens is 358 g/mol. The number of carboxylic acid groups (broad SMARTS) is 1. The predicted octanol–water partition coefficient (Wildman–Crippen LogP) is 3.08. The summed E-state index contributed by atoms with van der Waals surface area (Å²) >= 11 is 2.94. The molecule has 1 amide bonds. The molecule has 2 aliphatic heterocycles. The van der Waals surface area contributed by atoms with Crippen molar-refractivity contribution in [1.29, 1.82) is 0 Å². The van der Waals surface area contributed by atoms with Crippen molar-refractivity contribution in [1.82, 2.24) is 14.3 Å². The minimum atomic E-state index is -1.08. The van der Waals surface area contributed by atoms with E-state index in [9.17, 15) is 9.59 Å². The van der Waals surface area contributed by atoms with Crippen LogP contribution < -0.4 is 0 Å². The van der Waals surface area contributed by atoms with Gasteiger partial charge in [-0.2, -0.15) is 0 Å². The predicted molar refractivity (Wildman–Crippen MR) is 97.2 cm³/mol. The van der Waals surface area contributed by atoms with Crippen molar-refractivity contribution in [3.63, 3.8) is 0 Å². The summed E-state index contributed by atoms with van der Waals surface area (Å²) in [6.07, 6.45) is 3.67. The molecule has 0 bridgehead atoms. The highest BCUT2D eigenvalue weighted by Crippen LogP contribution is 2.45. The van der Waals surface area contributed by atoms with Crippen LogP contribution in [0, 0.1) is 6.92 Å². The Balaban J connectivity index is 1.52. The molecule has 0 spiro atoms. The molecule has 1 atom stereocenters. The fourth-order valence-electron chi connectivity index (χ4n) is 3.12. The number of hydrogen-bond acceptors (Lipinski definition) is 5. The standard InChI is InChI=1S/C17H11N3O3S2/c1-8-2-3-11-13(4-8)25-17-18-9(6-19(11)17)5-10-14(21)20-12(16(22)23)7-24-15(10)20/h2-7,15H,1H3,(H,22,23)/b10-5-/t15-/m1/s1. The lowest BCUT2D eigenvalue weighted by Crippen LogP contribution is -2.51. The van der Waals surface area contributed by atoms with E-state index in [0.29, 0.717) is 11.3 Å². The molecule has 1 saturated heterocycles. The van der Waals surface area contributed by atoms with Crippen molar-refractivity contribution >= 4 is 56.2 Å². The molecule has 0 aliphatic carbocycles. The van der Waals surface area contributed by atoms with Crippen LogP contribution in [-0.2, 0) is 9.59 Å². The molecule has 5 rings (SSSR count). The first-order valence-corrected chi connectivity index (χ1v) is 9.31. The number of aryl methyl sites for hydroxylation is 1. The van der Waals surface area contributed by atoms with E-state index >= 15 is 0 Å². The first-order valence-electron chi connectivity index (χ1n) is 7.55. The van der Waals surface area contributed by atoms with Gasteiger partial charge in [0.1, 0.15) is 11.1 Å². The topological polar surface area (TPSA) is 74.9 Å². The van der Waals surface area contributed by atoms with Gasteiger partial charge >= 0.3 is 5.97 Å². The second-order valence-corrected chi connectivity index (χ2v) is 7.93. The van der Waals surface area contributed by atoms with Gasteiger partial charge in [-0.15, -0.1) is 11.8 Å². The van der Waals surface area contributed by atoms with Crippen molar-refractivity contribution in [3.8, 4) is 0 Å². The van der Waals surface area contributed by atoms with E-state index in [2.05, 4.69) is 30.1 Å². The van der Waals surface area contributed by atoms with E-state index in [-0.39, 0.29) is 17.0 Å². The van der Waals surface area contributed by atoms with Gasteiger partial charge in [0.2, 0.25) is 0 Å². The third kappa shape index (κ3) is 2.01. The van der Waals surface area contributed by atoms with Crippen LogP contribution in [-0.4, -0.2) is 36.6 Å². The van der Waals surface area contributed by atoms with Gasteiger partial charge < -0.3 is 5.11 Å². The van der Waals surface area contributed by atoms with Crippen LogP contribution in [0.5, 0.6) is 0 Å². The number of amides is 1. The zero-order chi connectivity index (χ0) is 17.3. The second kappa shape index (κ2) is 4.96. The molecule has 0 unspecified atom stereocenters. The lowest BCUT2D eigenvalue weighted by molar-refractivity contribution is -0.141. The molecule has 25 heavy (non-hydrogen) atoms. The van der Waals surface area contributed by atoms with E-state index in [1.165, 1.54) is 32.3 Å². The molecule has 1 aromatic carbocycles. The summed E-state index contributed by atoms with van der Waals surface area (Å²) < 4.78 is 3.20. The first-order chi connectivity index (χ1) is 12.0. The van der Waals surface area contributed by atoms with Crippen molar-refractivity contribution in [2.75, 3.05) is 0 Å². The van der Waals surface area contributed by atoms with Gasteiger partial charge in [-0.3, -0.25) is 14.1 Å². The number of thiazole rings is 1. The van der Waals surface area contributed by atoms with Gasteiger partial charge in [-0.1, -0.05) is 17.4 Å². The maximum absolute atomic E-state index is 12.3. The Morgan fingerprint density at radius 2 is 2.24 bits per heavy atom. The van der Waals surface area contributed by atoms with Gasteiger partial charge in [0.15, 0.2) is 4.96 Å². The Morgan fingerprint density at radius 1 is 1.40 bits per heavy atom. The number of carbonyl (C=O) groups is 2. The van der Waals surface area contributed by atoms with Gasteiger partial charge in [0, 0.05) is 11.6 Å². The van der Waals surface area contributed by atoms with Crippen molar-refractivity contribution in [2.45, 2.75) is 12.3 Å². The fraction of sp³-hybridized carbons (Fsp3) is 0.118. The summed E-state index contributed by atoms with van der Waals surface area (Å²) in [6.45, 7) is 2.06. The molecule has 2 aliphatic rings. The quantitative estimate of drug-likeness (QED) is 0.555. The smallest absolute Gasteiger partial charge is 0.353 e. The van der Waals surface area contributed by atoms with E-state index in [4.69, 9.17) is 5.11 Å². The van der Waals surface area contributed by atoms with Gasteiger partial charge in [0.25, 0.3) is 5.91 Å². The number of imidazole rings is 1. The highest BCUT2D eigenvalue weighted by molar-refractivity contribution is 8.03. The molecule has 8 heteroatoms. The number of nitrogens with zero attached hydrogens (tertiary/aromatic N) is 3. The molecule has 4 heterocycles. The maximum Gasteiger partial charge on any atom is 0.353 e. The van der Waals surface area contributed by atoms with Crippen LogP contribution in [0.1, 0.15) is 11.3 Å². The summed E-state index contributed by atoms with van der Waals surface area (Å²) in [7, 11) is 0. The lowest BCUT2D eigenvalue weighted by Gasteiger charge is -2.36. The maximum atomic E-state index is 12.3. The molecule has 6 nitrogen and oxygen atoms in total. The van der Waals surface area contributed by atoms with E-state index in [1.807, 2.05) is 10.6 Å². The number of aromatic nitrogens is 2. The van der Waals surface area contributed by atoms with E-state index in [0.717, 1.165) is 10.5 Å². The molecular formula is C17H11N3O3S2. The monoisotopic (exact) mass is 369 g/mol. The Morgan fingerprint density at radius 3 is 3.04 bits per heavy atom. The number of carboxylic acids is 1. The molecule has 0 radical (unpaired) electrons. The largest absolute Gasteiger partial charge is 0.477 e. The summed E-state index contributed by atoms with van der Waals surface area (Å²) in [5.41, 5.74) is 3.64. The van der Waals surface area contributed by atoms with Gasteiger partial charge in [0.05, 0.1) is 21.5 Å². The van der Waals surface area contributed by atoms with Crippen LogP contribution >= 0.6 is 23.1 Å². The zero-order valence-corrected chi connectivity index (χ0v) is 14.6. The molecule has 124 valence electrons. The third-order valence-corrected chi connectivity index (χ3v) is 6.42. The van der Waals surface area contributed by atoms with Crippen molar-refractivity contribution in [3.05, 3.63) is 52.3 Å². The Labute approximate surface area is 150 Å². The third-order valence-electron chi connectivity index (χ3n) is 4.33. The highest BCUT2D eigenvalue weighted by Gasteiger charge is 2.49. The summed E-state index contributed by atoms with van der Waals surface area (Å²) in [5.74, 6) is -1.34. The number of β-lactam (4-membered cyclic amide) rings is 1. The molecule has 0 saturated carbocycles. The summed E-state index contributed by atoms with van der Waals surface area (Å²) in [5, 5.41) is 10.4. The van der Waals surface area contributed by atoms with E-state index < -0.39 is 5.97 Å². The Kier molecular flexibility index (Phi) is 2.93. The number of aliphatic carboxylic acids is 1. The molecule has 2 aromatic heterocycles. The minimum absolute atomic E-state index is 0.0457. The normalized spacial score (nSPS) is 21.1. The van der Waals surface area contributed by atoms with Crippen molar-refractivity contribution in [2.24, 2.45) is 0 Å². The average molecular weight is 369 g/mol. The molecule has 1 N–H and O–H groups in total. The number of benzene rings is 1. The first kappa shape index (κ1) is 14.7. The van der Waals surface area contributed by atoms with Crippen LogP contribution in [0.25, 0.3) is 21.3 Å².